The summed E-state index contributed by atoms with van der Waals surface area (Å²) in [6.45, 7) is 3.06. The first-order chi connectivity index (χ1) is 17.0. The second-order valence-corrected chi connectivity index (χ2v) is 8.71. The fourth-order valence-electron chi connectivity index (χ4n) is 4.80. The average molecular weight is 488 g/mol. The molecule has 2 aliphatic rings. The summed E-state index contributed by atoms with van der Waals surface area (Å²) >= 11 is 0. The summed E-state index contributed by atoms with van der Waals surface area (Å²) in [6, 6.07) is 10.5. The summed E-state index contributed by atoms with van der Waals surface area (Å²) in [7, 11) is 3.08. The zero-order chi connectivity index (χ0) is 24.5. The number of hydrogen-bond acceptors (Lipinski definition) is 6. The Morgan fingerprint density at radius 3 is 2.46 bits per heavy atom. The molecule has 2 aromatic carbocycles. The number of benzene rings is 2. The lowest BCUT2D eigenvalue weighted by Crippen LogP contribution is -2.43. The predicted octanol–water partition coefficient (Wildman–Crippen LogP) is 4.48. The molecule has 1 saturated heterocycles. The predicted molar refractivity (Wildman–Crippen MR) is 128 cm³/mol. The number of methoxy groups -OCH3 is 2. The average Bonchev–Trinajstić information content (AvgIpc) is 3.32. The molecule has 5 rings (SSSR count). The van der Waals surface area contributed by atoms with Crippen LogP contribution in [0.3, 0.4) is 0 Å². The van der Waals surface area contributed by atoms with E-state index in [1.54, 1.807) is 37.4 Å². The van der Waals surface area contributed by atoms with Crippen molar-refractivity contribution in [3.8, 4) is 22.8 Å². The van der Waals surface area contributed by atoms with Gasteiger partial charge in [-0.05, 0) is 36.2 Å². The molecule has 1 fully saturated rings. The number of hydrogen-bond donors (Lipinski definition) is 2. The van der Waals surface area contributed by atoms with Gasteiger partial charge in [-0.25, -0.2) is 17.9 Å². The quantitative estimate of drug-likeness (QED) is 0.535. The second-order valence-electron chi connectivity index (χ2n) is 8.71. The number of halogens is 3. The maximum atomic E-state index is 15.0. The van der Waals surface area contributed by atoms with E-state index in [0.29, 0.717) is 34.3 Å². The minimum Gasteiger partial charge on any atom is -0.493 e. The van der Waals surface area contributed by atoms with Crippen molar-refractivity contribution in [3.05, 3.63) is 53.8 Å². The molecule has 2 aliphatic heterocycles. The van der Waals surface area contributed by atoms with Gasteiger partial charge in [0.25, 0.3) is 6.43 Å². The molecule has 2 atom stereocenters. The minimum absolute atomic E-state index is 0.136. The van der Waals surface area contributed by atoms with E-state index in [2.05, 4.69) is 15.7 Å². The van der Waals surface area contributed by atoms with Crippen LogP contribution in [0.4, 0.5) is 24.7 Å². The lowest BCUT2D eigenvalue weighted by Gasteiger charge is -2.32. The highest BCUT2D eigenvalue weighted by Gasteiger charge is 2.35. The number of rotatable bonds is 6. The molecular formula is C25H28F3N5O2. The Bertz CT molecular complexity index is 1200. The van der Waals surface area contributed by atoms with Crippen molar-refractivity contribution < 1.29 is 22.6 Å². The molecule has 0 aliphatic carbocycles. The topological polar surface area (TPSA) is 63.6 Å². The van der Waals surface area contributed by atoms with Crippen LogP contribution < -0.4 is 25.0 Å². The summed E-state index contributed by atoms with van der Waals surface area (Å²) in [5.41, 5.74) is 2.32. The van der Waals surface area contributed by atoms with Crippen LogP contribution in [0.1, 0.15) is 24.1 Å². The van der Waals surface area contributed by atoms with Gasteiger partial charge in [0.1, 0.15) is 17.7 Å². The number of nitrogens with zero attached hydrogens (tertiary/aromatic N) is 3. The van der Waals surface area contributed by atoms with E-state index in [0.717, 1.165) is 31.7 Å². The number of ether oxygens (including phenoxy) is 2. The second kappa shape index (κ2) is 9.69. The monoisotopic (exact) mass is 487 g/mol. The van der Waals surface area contributed by atoms with E-state index in [1.165, 1.54) is 17.9 Å². The molecule has 7 nitrogen and oxygen atoms in total. The molecule has 3 heterocycles. The Balaban J connectivity index is 1.45. The number of anilines is 2. The van der Waals surface area contributed by atoms with E-state index in [1.807, 2.05) is 11.0 Å². The first kappa shape index (κ1) is 23.3. The van der Waals surface area contributed by atoms with Crippen LogP contribution in [0.25, 0.3) is 11.3 Å². The highest BCUT2D eigenvalue weighted by Crippen LogP contribution is 2.41. The smallest absolute Gasteiger partial charge is 0.260 e. The summed E-state index contributed by atoms with van der Waals surface area (Å²) in [6.07, 6.45) is -2.48. The van der Waals surface area contributed by atoms with Crippen LogP contribution in [0.2, 0.25) is 0 Å². The Labute approximate surface area is 201 Å². The van der Waals surface area contributed by atoms with Gasteiger partial charge in [0.2, 0.25) is 0 Å². The molecule has 0 radical (unpaired) electrons. The first-order valence-electron chi connectivity index (χ1n) is 11.6. The van der Waals surface area contributed by atoms with Crippen molar-refractivity contribution >= 4 is 11.5 Å². The van der Waals surface area contributed by atoms with Crippen LogP contribution in [0.15, 0.2) is 42.5 Å². The van der Waals surface area contributed by atoms with Gasteiger partial charge in [0, 0.05) is 37.8 Å². The normalized spacial score (nSPS) is 19.9. The van der Waals surface area contributed by atoms with E-state index in [-0.39, 0.29) is 18.3 Å². The Morgan fingerprint density at radius 2 is 1.77 bits per heavy atom. The molecule has 2 N–H and O–H groups in total. The number of fused-ring (bicyclic) bond motifs is 1. The third kappa shape index (κ3) is 4.50. The molecular weight excluding hydrogens is 459 g/mol. The number of nitrogens with one attached hydrogen (secondary N) is 2. The van der Waals surface area contributed by atoms with Crippen molar-refractivity contribution in [1.82, 2.24) is 15.1 Å². The van der Waals surface area contributed by atoms with Gasteiger partial charge in [-0.3, -0.25) is 0 Å². The maximum Gasteiger partial charge on any atom is 0.260 e. The van der Waals surface area contributed by atoms with E-state index in [9.17, 15) is 13.2 Å². The summed E-state index contributed by atoms with van der Waals surface area (Å²) in [5.74, 6) is 1.20. The fourth-order valence-corrected chi connectivity index (χ4v) is 4.80. The first-order valence-corrected chi connectivity index (χ1v) is 11.6. The zero-order valence-electron chi connectivity index (χ0n) is 19.6. The molecule has 0 spiro atoms. The van der Waals surface area contributed by atoms with Gasteiger partial charge in [0.15, 0.2) is 11.5 Å². The van der Waals surface area contributed by atoms with Crippen LogP contribution >= 0.6 is 0 Å². The molecule has 3 aromatic rings. The van der Waals surface area contributed by atoms with E-state index >= 15 is 0 Å². The standard InChI is InChI=1S/C25H28F3N5O2/c1-34-22-6-4-16(12-23(22)35-2)18-13-21(25(27)28)33-24(30-18)14-19(31-33)15-3-5-20(17(26)11-15)32-9-7-29-8-10-32/h3-6,11-12,14,18,21,25,29-30H,7-10,13H2,1-2H3. The molecule has 10 heteroatoms. The Kier molecular flexibility index (Phi) is 6.46. The van der Waals surface area contributed by atoms with Crippen molar-refractivity contribution in [2.75, 3.05) is 50.6 Å². The summed E-state index contributed by atoms with van der Waals surface area (Å²) in [5, 5.41) is 11.0. The number of alkyl halides is 2. The van der Waals surface area contributed by atoms with E-state index < -0.39 is 12.5 Å². The molecule has 2 unspecified atom stereocenters. The van der Waals surface area contributed by atoms with Gasteiger partial charge in [-0.1, -0.05) is 12.1 Å². The van der Waals surface area contributed by atoms with E-state index in [4.69, 9.17) is 9.47 Å². The molecule has 35 heavy (non-hydrogen) atoms. The van der Waals surface area contributed by atoms with Crippen molar-refractivity contribution in [2.24, 2.45) is 0 Å². The largest absolute Gasteiger partial charge is 0.493 e. The van der Waals surface area contributed by atoms with Crippen LogP contribution in [-0.2, 0) is 0 Å². The highest BCUT2D eigenvalue weighted by molar-refractivity contribution is 5.67. The Morgan fingerprint density at radius 1 is 1.00 bits per heavy atom. The third-order valence-electron chi connectivity index (χ3n) is 6.65. The molecule has 0 saturated carbocycles. The van der Waals surface area contributed by atoms with Gasteiger partial charge in [-0.2, -0.15) is 5.10 Å². The van der Waals surface area contributed by atoms with Gasteiger partial charge in [0.05, 0.1) is 31.6 Å². The van der Waals surface area contributed by atoms with Gasteiger partial charge < -0.3 is 25.0 Å². The molecule has 1 aromatic heterocycles. The summed E-state index contributed by atoms with van der Waals surface area (Å²) < 4.78 is 55.1. The zero-order valence-corrected chi connectivity index (χ0v) is 19.6. The van der Waals surface area contributed by atoms with Gasteiger partial charge >= 0.3 is 0 Å². The van der Waals surface area contributed by atoms with Crippen molar-refractivity contribution in [2.45, 2.75) is 24.9 Å². The fraction of sp³-hybridized carbons (Fsp3) is 0.400. The number of aromatic nitrogens is 2. The SMILES string of the molecule is COc1ccc(C2CC(C(F)F)n3nc(-c4ccc(N5CCNCC5)c(F)c4)cc3N2)cc1OC. The molecule has 0 amide bonds. The Hall–Kier alpha value is -3.40. The minimum atomic E-state index is -2.61. The number of piperazine rings is 1. The lowest BCUT2D eigenvalue weighted by atomic mass is 9.97. The summed E-state index contributed by atoms with van der Waals surface area (Å²) in [4.78, 5) is 2.00. The van der Waals surface area contributed by atoms with Crippen molar-refractivity contribution in [3.63, 3.8) is 0 Å². The molecule has 0 bridgehead atoms. The third-order valence-corrected chi connectivity index (χ3v) is 6.65. The molecule has 186 valence electrons. The maximum absolute atomic E-state index is 15.0. The van der Waals surface area contributed by atoms with Crippen LogP contribution in [-0.4, -0.2) is 56.6 Å². The van der Waals surface area contributed by atoms with Crippen molar-refractivity contribution in [1.29, 1.82) is 0 Å². The van der Waals surface area contributed by atoms with Gasteiger partial charge in [-0.15, -0.1) is 0 Å². The van der Waals surface area contributed by atoms with Crippen LogP contribution in [0.5, 0.6) is 11.5 Å². The lowest BCUT2D eigenvalue weighted by molar-refractivity contribution is 0.0659. The van der Waals surface area contributed by atoms with Crippen LogP contribution in [0, 0.1) is 5.82 Å². The highest BCUT2D eigenvalue weighted by atomic mass is 19.3.